The van der Waals surface area contributed by atoms with Crippen LogP contribution in [0.25, 0.3) is 11.1 Å². The van der Waals surface area contributed by atoms with Gasteiger partial charge in [0.25, 0.3) is 0 Å². The molecule has 2 aliphatic rings. The predicted octanol–water partition coefficient (Wildman–Crippen LogP) is 5.11. The molecule has 1 aliphatic heterocycles. The van der Waals surface area contributed by atoms with Gasteiger partial charge in [0, 0.05) is 17.5 Å². The van der Waals surface area contributed by atoms with Gasteiger partial charge in [-0.05, 0) is 42.2 Å². The van der Waals surface area contributed by atoms with Gasteiger partial charge in [0.2, 0.25) is 0 Å². The molecule has 29 heavy (non-hydrogen) atoms. The zero-order chi connectivity index (χ0) is 20.1. The Morgan fingerprint density at radius 2 is 1.83 bits per heavy atom. The number of carbonyl (C=O) groups is 1. The van der Waals surface area contributed by atoms with Crippen molar-refractivity contribution in [2.75, 3.05) is 0 Å². The number of aryl methyl sites for hydroxylation is 2. The lowest BCUT2D eigenvalue weighted by atomic mass is 9.98. The van der Waals surface area contributed by atoms with E-state index in [1.54, 1.807) is 0 Å². The number of rotatable bonds is 5. The number of hydrogen-bond donors (Lipinski definition) is 1. The van der Waals surface area contributed by atoms with Gasteiger partial charge in [-0.3, -0.25) is 4.79 Å². The number of fused-ring (bicyclic) bond motifs is 3. The van der Waals surface area contributed by atoms with Gasteiger partial charge in [-0.15, -0.1) is 0 Å². The largest absolute Gasteiger partial charge is 0.489 e. The van der Waals surface area contributed by atoms with E-state index in [4.69, 9.17) is 14.6 Å². The second-order valence-electron chi connectivity index (χ2n) is 7.98. The van der Waals surface area contributed by atoms with Crippen LogP contribution in [-0.2, 0) is 11.4 Å². The summed E-state index contributed by atoms with van der Waals surface area (Å²) in [5.74, 6) is 0.296. The molecule has 0 saturated heterocycles. The van der Waals surface area contributed by atoms with Crippen LogP contribution < -0.4 is 9.47 Å². The third-order valence-corrected chi connectivity index (χ3v) is 5.90. The number of ether oxygens (including phenoxy) is 2. The summed E-state index contributed by atoms with van der Waals surface area (Å²) in [5.41, 5.74) is 7.06. The van der Waals surface area contributed by atoms with Gasteiger partial charge in [0.1, 0.15) is 30.1 Å². The Balaban J connectivity index is 1.25. The molecule has 3 atom stereocenters. The summed E-state index contributed by atoms with van der Waals surface area (Å²) in [6, 6.07) is 20.6. The maximum absolute atomic E-state index is 11.2. The molecule has 0 aromatic heterocycles. The molecule has 1 aliphatic carbocycles. The van der Waals surface area contributed by atoms with Gasteiger partial charge in [-0.2, -0.15) is 0 Å². The van der Waals surface area contributed by atoms with E-state index in [1.165, 1.54) is 22.3 Å². The molecule has 146 valence electrons. The molecule has 4 heteroatoms. The van der Waals surface area contributed by atoms with Crippen molar-refractivity contribution in [2.45, 2.75) is 32.5 Å². The lowest BCUT2D eigenvalue weighted by Gasteiger charge is -2.11. The highest BCUT2D eigenvalue weighted by Gasteiger charge is 2.63. The quantitative estimate of drug-likeness (QED) is 0.662. The first-order chi connectivity index (χ1) is 14.0. The van der Waals surface area contributed by atoms with Crippen LogP contribution in [0.1, 0.15) is 28.2 Å². The highest BCUT2D eigenvalue weighted by atomic mass is 16.5. The molecular weight excluding hydrogens is 364 g/mol. The number of carboxylic acids is 1. The second kappa shape index (κ2) is 6.66. The molecule has 1 heterocycles. The lowest BCUT2D eigenvalue weighted by molar-refractivity contribution is -0.139. The molecule has 5 rings (SSSR count). The van der Waals surface area contributed by atoms with E-state index in [1.807, 2.05) is 18.2 Å². The fourth-order valence-electron chi connectivity index (χ4n) is 4.31. The van der Waals surface area contributed by atoms with Crippen LogP contribution in [0.2, 0.25) is 0 Å². The third kappa shape index (κ3) is 3.15. The summed E-state index contributed by atoms with van der Waals surface area (Å²) in [7, 11) is 0. The standard InChI is InChI=1S/C25H22O4/c1-14-3-9-19(15(2)11-14)17-6-4-16(5-7-17)13-28-18-8-10-20-21(12-18)29-24-22(20)23(24)25(26)27/h3-12,22-24H,13H2,1-2H3,(H,26,27)/t22-,23-,24-/m1/s1. The van der Waals surface area contributed by atoms with Gasteiger partial charge >= 0.3 is 5.97 Å². The van der Waals surface area contributed by atoms with Gasteiger partial charge in [0.05, 0.1) is 0 Å². The lowest BCUT2D eigenvalue weighted by Crippen LogP contribution is -2.08. The molecule has 0 amide bonds. The molecule has 3 aromatic carbocycles. The molecule has 3 aromatic rings. The zero-order valence-corrected chi connectivity index (χ0v) is 16.4. The van der Waals surface area contributed by atoms with Crippen LogP contribution in [0.4, 0.5) is 0 Å². The van der Waals surface area contributed by atoms with Gasteiger partial charge in [-0.25, -0.2) is 0 Å². The van der Waals surface area contributed by atoms with Crippen molar-refractivity contribution in [3.8, 4) is 22.6 Å². The van der Waals surface area contributed by atoms with Crippen molar-refractivity contribution in [3.05, 3.63) is 82.9 Å². The highest BCUT2D eigenvalue weighted by Crippen LogP contribution is 2.58. The Morgan fingerprint density at radius 3 is 2.55 bits per heavy atom. The Bertz CT molecular complexity index is 1100. The van der Waals surface area contributed by atoms with Crippen LogP contribution in [-0.4, -0.2) is 17.2 Å². The minimum atomic E-state index is -0.782. The maximum Gasteiger partial charge on any atom is 0.311 e. The fourth-order valence-corrected chi connectivity index (χ4v) is 4.31. The summed E-state index contributed by atoms with van der Waals surface area (Å²) in [4.78, 5) is 11.2. The number of hydrogen-bond acceptors (Lipinski definition) is 3. The fraction of sp³-hybridized carbons (Fsp3) is 0.240. The molecule has 0 spiro atoms. The predicted molar refractivity (Wildman–Crippen MR) is 110 cm³/mol. The van der Waals surface area contributed by atoms with Crippen LogP contribution in [0, 0.1) is 19.8 Å². The van der Waals surface area contributed by atoms with Crippen LogP contribution in [0.5, 0.6) is 11.5 Å². The molecule has 0 bridgehead atoms. The Hall–Kier alpha value is -3.27. The smallest absolute Gasteiger partial charge is 0.311 e. The first-order valence-electron chi connectivity index (χ1n) is 9.84. The van der Waals surface area contributed by atoms with Gasteiger partial charge < -0.3 is 14.6 Å². The summed E-state index contributed by atoms with van der Waals surface area (Å²) in [6.07, 6.45) is -0.212. The summed E-state index contributed by atoms with van der Waals surface area (Å²) < 4.78 is 11.7. The topological polar surface area (TPSA) is 55.8 Å². The minimum Gasteiger partial charge on any atom is -0.489 e. The summed E-state index contributed by atoms with van der Waals surface area (Å²) in [5, 5.41) is 9.16. The molecule has 4 nitrogen and oxygen atoms in total. The maximum atomic E-state index is 11.2. The van der Waals surface area contributed by atoms with Crippen LogP contribution in [0.3, 0.4) is 0 Å². The number of benzene rings is 3. The molecule has 0 radical (unpaired) electrons. The normalized spacial score (nSPS) is 21.1. The molecule has 1 fully saturated rings. The van der Waals surface area contributed by atoms with E-state index >= 15 is 0 Å². The van der Waals surface area contributed by atoms with E-state index in [0.29, 0.717) is 6.61 Å². The Kier molecular flexibility index (Phi) is 4.09. The SMILES string of the molecule is Cc1ccc(-c2ccc(COc3ccc4c(c3)O[C@H]3[C@H](C(=O)O)[C@@H]43)cc2)c(C)c1. The van der Waals surface area contributed by atoms with Crippen molar-refractivity contribution in [1.82, 2.24) is 0 Å². The van der Waals surface area contributed by atoms with Gasteiger partial charge in [-0.1, -0.05) is 54.1 Å². The number of carboxylic acid groups (broad SMARTS) is 1. The van der Waals surface area contributed by atoms with E-state index in [0.717, 1.165) is 22.6 Å². The van der Waals surface area contributed by atoms with Crippen LogP contribution in [0.15, 0.2) is 60.7 Å². The molecule has 0 unspecified atom stereocenters. The molecule has 1 saturated carbocycles. The molecule has 1 N–H and O–H groups in total. The van der Waals surface area contributed by atoms with E-state index < -0.39 is 11.9 Å². The van der Waals surface area contributed by atoms with Crippen LogP contribution >= 0.6 is 0 Å². The second-order valence-corrected chi connectivity index (χ2v) is 7.98. The van der Waals surface area contributed by atoms with Gasteiger partial charge in [0.15, 0.2) is 0 Å². The monoisotopic (exact) mass is 386 g/mol. The minimum absolute atomic E-state index is 0.00525. The van der Waals surface area contributed by atoms with Crippen molar-refractivity contribution >= 4 is 5.97 Å². The third-order valence-electron chi connectivity index (χ3n) is 5.90. The average molecular weight is 386 g/mol. The van der Waals surface area contributed by atoms with Crippen molar-refractivity contribution in [2.24, 2.45) is 5.92 Å². The van der Waals surface area contributed by atoms with Crippen molar-refractivity contribution in [1.29, 1.82) is 0 Å². The Morgan fingerprint density at radius 1 is 1.03 bits per heavy atom. The first-order valence-corrected chi connectivity index (χ1v) is 9.84. The molecular formula is C25H22O4. The zero-order valence-electron chi connectivity index (χ0n) is 16.4. The highest BCUT2D eigenvalue weighted by molar-refractivity contribution is 5.79. The number of aliphatic carboxylic acids is 1. The van der Waals surface area contributed by atoms with Crippen molar-refractivity contribution in [3.63, 3.8) is 0 Å². The van der Waals surface area contributed by atoms with Crippen molar-refractivity contribution < 1.29 is 19.4 Å². The average Bonchev–Trinajstić information content (AvgIpc) is 3.30. The first kappa shape index (κ1) is 17.8. The van der Waals surface area contributed by atoms with E-state index in [-0.39, 0.29) is 12.0 Å². The summed E-state index contributed by atoms with van der Waals surface area (Å²) >= 11 is 0. The van der Waals surface area contributed by atoms with E-state index in [9.17, 15) is 4.79 Å². The summed E-state index contributed by atoms with van der Waals surface area (Å²) in [6.45, 7) is 4.71. The van der Waals surface area contributed by atoms with E-state index in [2.05, 4.69) is 56.3 Å². The Labute approximate surface area is 169 Å².